The van der Waals surface area contributed by atoms with Crippen LogP contribution in [-0.4, -0.2) is 17.3 Å². The molecule has 3 heteroatoms. The summed E-state index contributed by atoms with van der Waals surface area (Å²) in [4.78, 5) is 0. The summed E-state index contributed by atoms with van der Waals surface area (Å²) in [6.07, 6.45) is 5.30. The number of nitrogens with one attached hydrogen (secondary N) is 1. The minimum absolute atomic E-state index is 0.562. The molecule has 4 N–H and O–H groups in total. The number of benzene rings is 1. The fourth-order valence-corrected chi connectivity index (χ4v) is 2.72. The third-order valence-electron chi connectivity index (χ3n) is 4.18. The molecule has 1 aliphatic carbocycles. The number of aliphatic hydroxyl groups is 1. The predicted octanol–water partition coefficient (Wildman–Crippen LogP) is 3.01. The summed E-state index contributed by atoms with van der Waals surface area (Å²) >= 11 is 0. The average Bonchev–Trinajstić information content (AvgIpc) is 2.39. The topological polar surface area (TPSA) is 58.3 Å². The van der Waals surface area contributed by atoms with Crippen LogP contribution in [0.15, 0.2) is 24.3 Å². The van der Waals surface area contributed by atoms with Crippen LogP contribution >= 0.6 is 0 Å². The summed E-state index contributed by atoms with van der Waals surface area (Å²) in [5, 5.41) is 13.8. The summed E-state index contributed by atoms with van der Waals surface area (Å²) in [7, 11) is 0. The Hall–Kier alpha value is -1.22. The zero-order valence-electron chi connectivity index (χ0n) is 11.2. The number of hydrogen-bond acceptors (Lipinski definition) is 3. The molecule has 1 aliphatic rings. The number of rotatable bonds is 4. The summed E-state index contributed by atoms with van der Waals surface area (Å²) in [6.45, 7) is 2.83. The minimum Gasteiger partial charge on any atom is -0.397 e. The Morgan fingerprint density at radius 1 is 1.33 bits per heavy atom. The molecule has 0 bridgehead atoms. The van der Waals surface area contributed by atoms with Gasteiger partial charge in [-0.3, -0.25) is 0 Å². The number of anilines is 2. The molecule has 1 saturated carbocycles. The number of nitrogens with two attached hydrogens (primary N) is 1. The Labute approximate surface area is 109 Å². The van der Waals surface area contributed by atoms with Crippen molar-refractivity contribution in [1.82, 2.24) is 0 Å². The molecule has 0 saturated heterocycles. The smallest absolute Gasteiger partial charge is 0.0819 e. The molecule has 100 valence electrons. The van der Waals surface area contributed by atoms with E-state index in [2.05, 4.69) is 12.2 Å². The molecule has 0 aliphatic heterocycles. The summed E-state index contributed by atoms with van der Waals surface area (Å²) < 4.78 is 0. The quantitative estimate of drug-likeness (QED) is 0.718. The Balaban J connectivity index is 1.88. The molecule has 0 aromatic heterocycles. The van der Waals surface area contributed by atoms with Crippen molar-refractivity contribution in [2.75, 3.05) is 17.6 Å². The van der Waals surface area contributed by atoms with Crippen LogP contribution < -0.4 is 11.1 Å². The van der Waals surface area contributed by atoms with Gasteiger partial charge in [-0.15, -0.1) is 0 Å². The van der Waals surface area contributed by atoms with Crippen molar-refractivity contribution in [3.8, 4) is 0 Å². The maximum Gasteiger partial charge on any atom is 0.0819 e. The second kappa shape index (κ2) is 5.61. The lowest BCUT2D eigenvalue weighted by Gasteiger charge is -2.36. The molecule has 3 nitrogen and oxygen atoms in total. The molecule has 2 rings (SSSR count). The van der Waals surface area contributed by atoms with E-state index in [-0.39, 0.29) is 0 Å². The Morgan fingerprint density at radius 3 is 2.61 bits per heavy atom. The van der Waals surface area contributed by atoms with Gasteiger partial charge in [0.2, 0.25) is 0 Å². The normalized spacial score (nSPS) is 28.0. The van der Waals surface area contributed by atoms with Gasteiger partial charge in [0, 0.05) is 6.54 Å². The van der Waals surface area contributed by atoms with Gasteiger partial charge in [-0.2, -0.15) is 0 Å². The van der Waals surface area contributed by atoms with E-state index in [4.69, 9.17) is 5.73 Å². The lowest BCUT2D eigenvalue weighted by molar-refractivity contribution is 0.00231. The van der Waals surface area contributed by atoms with Crippen LogP contribution in [-0.2, 0) is 0 Å². The predicted molar refractivity (Wildman–Crippen MR) is 76.5 cm³/mol. The number of para-hydroxylation sites is 2. The van der Waals surface area contributed by atoms with Crippen LogP contribution in [0.5, 0.6) is 0 Å². The Kier molecular flexibility index (Phi) is 4.12. The zero-order valence-corrected chi connectivity index (χ0v) is 11.2. The van der Waals surface area contributed by atoms with Crippen LogP contribution in [0.4, 0.5) is 11.4 Å². The molecule has 0 radical (unpaired) electrons. The fraction of sp³-hybridized carbons (Fsp3) is 0.600. The van der Waals surface area contributed by atoms with E-state index in [0.717, 1.165) is 43.0 Å². The monoisotopic (exact) mass is 248 g/mol. The molecule has 0 spiro atoms. The van der Waals surface area contributed by atoms with Gasteiger partial charge in [-0.25, -0.2) is 0 Å². The van der Waals surface area contributed by atoms with E-state index >= 15 is 0 Å². The number of nitrogen functional groups attached to an aromatic ring is 1. The number of hydrogen-bond donors (Lipinski definition) is 3. The van der Waals surface area contributed by atoms with E-state index < -0.39 is 5.60 Å². The van der Waals surface area contributed by atoms with E-state index in [1.165, 1.54) is 6.42 Å². The Morgan fingerprint density at radius 2 is 2.00 bits per heavy atom. The first kappa shape index (κ1) is 13.2. The lowest BCUT2D eigenvalue weighted by atomic mass is 9.78. The van der Waals surface area contributed by atoms with Gasteiger partial charge in [0.15, 0.2) is 0 Å². The molecule has 18 heavy (non-hydrogen) atoms. The van der Waals surface area contributed by atoms with Crippen molar-refractivity contribution >= 4 is 11.4 Å². The first-order chi connectivity index (χ1) is 8.63. The molecule has 1 aromatic carbocycles. The SMILES string of the molecule is CCC1CCC(O)(CNc2ccccc2N)CC1. The summed E-state index contributed by atoms with van der Waals surface area (Å²) in [6, 6.07) is 7.70. The van der Waals surface area contributed by atoms with Crippen molar-refractivity contribution in [3.05, 3.63) is 24.3 Å². The maximum absolute atomic E-state index is 10.5. The van der Waals surface area contributed by atoms with Crippen LogP contribution in [0.25, 0.3) is 0 Å². The molecule has 0 heterocycles. The van der Waals surface area contributed by atoms with Gasteiger partial charge >= 0.3 is 0 Å². The second-order valence-electron chi connectivity index (χ2n) is 5.52. The maximum atomic E-state index is 10.5. The third kappa shape index (κ3) is 3.16. The molecule has 0 unspecified atom stereocenters. The first-order valence-corrected chi connectivity index (χ1v) is 6.94. The lowest BCUT2D eigenvalue weighted by Crippen LogP contribution is -2.40. The van der Waals surface area contributed by atoms with Crippen molar-refractivity contribution in [2.45, 2.75) is 44.6 Å². The van der Waals surface area contributed by atoms with E-state index in [9.17, 15) is 5.11 Å². The first-order valence-electron chi connectivity index (χ1n) is 6.94. The van der Waals surface area contributed by atoms with Gasteiger partial charge in [0.25, 0.3) is 0 Å². The zero-order chi connectivity index (χ0) is 13.0. The minimum atomic E-state index is -0.562. The van der Waals surface area contributed by atoms with E-state index in [1.807, 2.05) is 24.3 Å². The van der Waals surface area contributed by atoms with Gasteiger partial charge in [0.1, 0.15) is 0 Å². The molecular formula is C15H24N2O. The standard InChI is InChI=1S/C15H24N2O/c1-2-12-7-9-15(18,10-8-12)11-17-14-6-4-3-5-13(14)16/h3-6,12,17-18H,2,7-11,16H2,1H3. The van der Waals surface area contributed by atoms with Gasteiger partial charge in [0.05, 0.1) is 17.0 Å². The van der Waals surface area contributed by atoms with Crippen molar-refractivity contribution in [2.24, 2.45) is 5.92 Å². The molecular weight excluding hydrogens is 224 g/mol. The molecule has 0 atom stereocenters. The highest BCUT2D eigenvalue weighted by Gasteiger charge is 2.32. The molecule has 0 amide bonds. The second-order valence-corrected chi connectivity index (χ2v) is 5.52. The highest BCUT2D eigenvalue weighted by molar-refractivity contribution is 5.65. The largest absolute Gasteiger partial charge is 0.397 e. The highest BCUT2D eigenvalue weighted by atomic mass is 16.3. The van der Waals surface area contributed by atoms with Gasteiger partial charge < -0.3 is 16.2 Å². The molecule has 1 fully saturated rings. The molecule has 1 aromatic rings. The summed E-state index contributed by atoms with van der Waals surface area (Å²) in [5.74, 6) is 0.798. The van der Waals surface area contributed by atoms with Crippen molar-refractivity contribution < 1.29 is 5.11 Å². The van der Waals surface area contributed by atoms with Crippen LogP contribution in [0.3, 0.4) is 0 Å². The van der Waals surface area contributed by atoms with Crippen LogP contribution in [0.1, 0.15) is 39.0 Å². The van der Waals surface area contributed by atoms with E-state index in [0.29, 0.717) is 6.54 Å². The van der Waals surface area contributed by atoms with Crippen LogP contribution in [0, 0.1) is 5.92 Å². The van der Waals surface area contributed by atoms with Crippen molar-refractivity contribution in [1.29, 1.82) is 0 Å². The van der Waals surface area contributed by atoms with E-state index in [1.54, 1.807) is 0 Å². The highest BCUT2D eigenvalue weighted by Crippen LogP contribution is 2.34. The third-order valence-corrected chi connectivity index (χ3v) is 4.18. The Bertz CT molecular complexity index is 384. The van der Waals surface area contributed by atoms with Gasteiger partial charge in [-0.1, -0.05) is 25.5 Å². The summed E-state index contributed by atoms with van der Waals surface area (Å²) in [5.41, 5.74) is 6.98. The van der Waals surface area contributed by atoms with Gasteiger partial charge in [-0.05, 0) is 43.7 Å². The van der Waals surface area contributed by atoms with Crippen molar-refractivity contribution in [3.63, 3.8) is 0 Å². The fourth-order valence-electron chi connectivity index (χ4n) is 2.72. The van der Waals surface area contributed by atoms with Crippen LogP contribution in [0.2, 0.25) is 0 Å². The average molecular weight is 248 g/mol.